The molecule has 6 amide bonds. The maximum Gasteiger partial charge on any atom is 0.252 e. The highest BCUT2D eigenvalue weighted by atomic mass is 16.3. The predicted octanol–water partition coefficient (Wildman–Crippen LogP) is -3.11. The predicted molar refractivity (Wildman–Crippen MR) is 245 cm³/mol. The number of carbonyl (C=O) groups is 6. The van der Waals surface area contributed by atoms with Crippen LogP contribution in [-0.2, 0) is 22.4 Å². The lowest BCUT2D eigenvalue weighted by Gasteiger charge is -2.33. The second-order valence-electron chi connectivity index (χ2n) is 16.3. The van der Waals surface area contributed by atoms with Gasteiger partial charge in [-0.25, -0.2) is 0 Å². The van der Waals surface area contributed by atoms with E-state index in [9.17, 15) is 79.8 Å². The van der Waals surface area contributed by atoms with Gasteiger partial charge in [0.1, 0.15) is 0 Å². The number of anilines is 2. The summed E-state index contributed by atoms with van der Waals surface area (Å²) in [6.45, 7) is 5.98. The molecule has 0 heterocycles. The summed E-state index contributed by atoms with van der Waals surface area (Å²) >= 11 is 0. The van der Waals surface area contributed by atoms with Crippen LogP contribution in [0.1, 0.15) is 109 Å². The van der Waals surface area contributed by atoms with Gasteiger partial charge in [-0.2, -0.15) is 0 Å². The van der Waals surface area contributed by atoms with Crippen LogP contribution < -0.4 is 31.1 Å². The molecule has 0 bridgehead atoms. The lowest BCUT2D eigenvalue weighted by atomic mass is 9.87. The fraction of sp³-hybridized carbons (Fsp3) is 0.600. The maximum absolute atomic E-state index is 13.9. The average Bonchev–Trinajstić information content (AvgIpc) is 3.28. The Hall–Kier alpha value is -5.14. The van der Waals surface area contributed by atoms with E-state index in [1.54, 1.807) is 13.8 Å². The van der Waals surface area contributed by atoms with Crippen molar-refractivity contribution in [1.82, 2.24) is 21.3 Å². The molecule has 376 valence electrons. The van der Waals surface area contributed by atoms with Crippen LogP contribution in [0.2, 0.25) is 0 Å². The Balaban J connectivity index is 2.79. The summed E-state index contributed by atoms with van der Waals surface area (Å²) in [4.78, 5) is 84.6. The summed E-state index contributed by atoms with van der Waals surface area (Å²) in [6.07, 6.45) is -6.09. The highest BCUT2D eigenvalue weighted by Gasteiger charge is 2.34. The SMILES string of the molecule is CCc1c(C(=O)NC(CO)CO)c(C)c(C(=O)NCC(O)CO)c(C)c1N(CC(O)CC(O)CN(C(C)=O)c1c(C)c(C(=O)NCC(O)CO)c(C)c(C(=O)NC(CO)CO)c1CC)C(C)=O. The van der Waals surface area contributed by atoms with Crippen LogP contribution in [-0.4, -0.2) is 189 Å². The maximum atomic E-state index is 13.9. The molecule has 0 saturated heterocycles. The number of benzene rings is 2. The average molecular weight is 951 g/mol. The van der Waals surface area contributed by atoms with E-state index < -0.39 is 131 Å². The zero-order valence-corrected chi connectivity index (χ0v) is 39.5. The van der Waals surface area contributed by atoms with E-state index in [4.69, 9.17) is 0 Å². The van der Waals surface area contributed by atoms with Gasteiger partial charge in [-0.05, 0) is 73.9 Å². The molecule has 0 radical (unpaired) electrons. The molecule has 0 aliphatic rings. The number of aliphatic hydroxyl groups is 10. The second-order valence-corrected chi connectivity index (χ2v) is 16.3. The summed E-state index contributed by atoms with van der Waals surface area (Å²) in [5.41, 5.74) is 0.948. The van der Waals surface area contributed by atoms with E-state index >= 15 is 0 Å². The van der Waals surface area contributed by atoms with Crippen LogP contribution in [0, 0.1) is 27.7 Å². The number of nitrogens with zero attached hydrogens (tertiary/aromatic N) is 2. The molecule has 0 spiro atoms. The number of rotatable bonds is 26. The first-order valence-corrected chi connectivity index (χ1v) is 22.0. The Morgan fingerprint density at radius 3 is 1.03 bits per heavy atom. The van der Waals surface area contributed by atoms with Gasteiger partial charge in [-0.3, -0.25) is 28.8 Å². The van der Waals surface area contributed by atoms with Gasteiger partial charge in [0.2, 0.25) is 11.8 Å². The van der Waals surface area contributed by atoms with Gasteiger partial charge in [0, 0.05) is 55.6 Å². The monoisotopic (exact) mass is 950 g/mol. The van der Waals surface area contributed by atoms with Gasteiger partial charge in [-0.15, -0.1) is 0 Å². The van der Waals surface area contributed by atoms with Gasteiger partial charge < -0.3 is 82.1 Å². The van der Waals surface area contributed by atoms with Gasteiger partial charge >= 0.3 is 0 Å². The molecule has 0 fully saturated rings. The fourth-order valence-corrected chi connectivity index (χ4v) is 8.09. The lowest BCUT2D eigenvalue weighted by Crippen LogP contribution is -2.44. The molecule has 2 aromatic rings. The van der Waals surface area contributed by atoms with Crippen molar-refractivity contribution in [2.45, 2.75) is 111 Å². The van der Waals surface area contributed by atoms with Crippen molar-refractivity contribution in [3.8, 4) is 0 Å². The fourth-order valence-electron chi connectivity index (χ4n) is 8.09. The van der Waals surface area contributed by atoms with Crippen LogP contribution >= 0.6 is 0 Å². The van der Waals surface area contributed by atoms with Crippen LogP contribution in [0.3, 0.4) is 0 Å². The summed E-state index contributed by atoms with van der Waals surface area (Å²) in [5, 5.41) is 111. The van der Waals surface area contributed by atoms with Crippen LogP contribution in [0.5, 0.6) is 0 Å². The van der Waals surface area contributed by atoms with E-state index in [0.717, 1.165) is 9.80 Å². The van der Waals surface area contributed by atoms with Crippen molar-refractivity contribution in [2.75, 3.05) is 75.6 Å². The second kappa shape index (κ2) is 27.0. The minimum atomic E-state index is -1.56. The van der Waals surface area contributed by atoms with Crippen LogP contribution in [0.25, 0.3) is 0 Å². The lowest BCUT2D eigenvalue weighted by molar-refractivity contribution is -0.117. The molecule has 0 saturated carbocycles. The van der Waals surface area contributed by atoms with Crippen molar-refractivity contribution in [2.24, 2.45) is 0 Å². The summed E-state index contributed by atoms with van der Waals surface area (Å²) in [5.74, 6) is -4.50. The molecule has 0 aliphatic heterocycles. The quantitative estimate of drug-likeness (QED) is 0.0444. The molecule has 22 nitrogen and oxygen atoms in total. The summed E-state index contributed by atoms with van der Waals surface area (Å²) < 4.78 is 0. The van der Waals surface area contributed by atoms with Crippen molar-refractivity contribution >= 4 is 46.8 Å². The Morgan fingerprint density at radius 1 is 0.463 bits per heavy atom. The molecule has 2 aromatic carbocycles. The van der Waals surface area contributed by atoms with E-state index in [2.05, 4.69) is 21.3 Å². The summed E-state index contributed by atoms with van der Waals surface area (Å²) in [6, 6.07) is -2.19. The minimum absolute atomic E-state index is 0.0534. The molecular formula is C45H70N6O16. The normalized spacial score (nSPS) is 13.2. The Bertz CT molecular complexity index is 1930. The number of amides is 6. The highest BCUT2D eigenvalue weighted by molar-refractivity contribution is 6.09. The molecule has 4 atom stereocenters. The third-order valence-electron chi connectivity index (χ3n) is 11.4. The number of aliphatic hydroxyl groups excluding tert-OH is 10. The van der Waals surface area contributed by atoms with Crippen molar-refractivity contribution in [1.29, 1.82) is 0 Å². The standard InChI is InChI=1S/C45H70N6O16/c1-9-34-38(44(66)48-28(16-52)17-53)22(3)36(42(64)46-12-32(62)20-56)24(5)40(34)50(26(7)58)14-30(60)11-31(61)15-51(27(8)59)41-25(6)37(43(65)47-13-33(63)21-57)23(4)39(35(41)10-2)45(67)49-29(18-54)19-55/h28-33,52-57,60-63H,9-21H2,1-8H3,(H,46,64)(H,47,65)(H,48,66)(H,49,67). The number of hydrogen-bond donors (Lipinski definition) is 14. The van der Waals surface area contributed by atoms with Crippen molar-refractivity contribution in [3.05, 3.63) is 55.6 Å². The van der Waals surface area contributed by atoms with E-state index in [-0.39, 0.29) is 92.9 Å². The van der Waals surface area contributed by atoms with Gasteiger partial charge in [0.15, 0.2) is 0 Å². The van der Waals surface area contributed by atoms with Gasteiger partial charge in [-0.1, -0.05) is 13.8 Å². The van der Waals surface area contributed by atoms with Crippen molar-refractivity contribution < 1.29 is 79.8 Å². The van der Waals surface area contributed by atoms with E-state index in [1.165, 1.54) is 41.5 Å². The minimum Gasteiger partial charge on any atom is -0.394 e. The summed E-state index contributed by atoms with van der Waals surface area (Å²) in [7, 11) is 0. The molecule has 4 unspecified atom stereocenters. The van der Waals surface area contributed by atoms with Crippen LogP contribution in [0.4, 0.5) is 11.4 Å². The molecular weight excluding hydrogens is 881 g/mol. The molecule has 0 aromatic heterocycles. The zero-order valence-electron chi connectivity index (χ0n) is 39.5. The smallest absolute Gasteiger partial charge is 0.252 e. The van der Waals surface area contributed by atoms with E-state index in [0.29, 0.717) is 0 Å². The first-order valence-electron chi connectivity index (χ1n) is 22.0. The van der Waals surface area contributed by atoms with Crippen LogP contribution in [0.15, 0.2) is 0 Å². The third kappa shape index (κ3) is 14.4. The first kappa shape index (κ1) is 58.0. The first-order chi connectivity index (χ1) is 31.5. The molecule has 67 heavy (non-hydrogen) atoms. The van der Waals surface area contributed by atoms with Crippen molar-refractivity contribution in [3.63, 3.8) is 0 Å². The Labute approximate surface area is 389 Å². The highest BCUT2D eigenvalue weighted by Crippen LogP contribution is 2.38. The Morgan fingerprint density at radius 2 is 0.776 bits per heavy atom. The molecule has 0 aliphatic carbocycles. The van der Waals surface area contributed by atoms with Gasteiger partial charge in [0.05, 0.1) is 101 Å². The molecule has 2 rings (SSSR count). The number of nitrogens with one attached hydrogen (secondary N) is 4. The third-order valence-corrected chi connectivity index (χ3v) is 11.4. The van der Waals surface area contributed by atoms with Gasteiger partial charge in [0.25, 0.3) is 23.6 Å². The Kier molecular flexibility index (Phi) is 23.4. The largest absolute Gasteiger partial charge is 0.394 e. The topological polar surface area (TPSA) is 359 Å². The van der Waals surface area contributed by atoms with E-state index in [1.807, 2.05) is 0 Å². The molecule has 22 heteroatoms. The number of carbonyl (C=O) groups excluding carboxylic acids is 6. The number of hydrogen-bond acceptors (Lipinski definition) is 16. The zero-order chi connectivity index (χ0) is 51.0. The molecule has 14 N–H and O–H groups in total.